The van der Waals surface area contributed by atoms with Crippen LogP contribution >= 0.6 is 0 Å². The normalized spacial score (nSPS) is 14.7. The number of aromatic nitrogens is 2. The Morgan fingerprint density at radius 1 is 0.914 bits per heavy atom. The molecule has 1 N–H and O–H groups in total. The molecule has 0 unspecified atom stereocenters. The lowest BCUT2D eigenvalue weighted by Crippen LogP contribution is -2.49. The molecule has 0 bridgehead atoms. The molecule has 2 heterocycles. The molecule has 2 amide bonds. The van der Waals surface area contributed by atoms with Crippen molar-refractivity contribution in [2.45, 2.75) is 32.6 Å². The molecule has 3 aromatic rings. The van der Waals surface area contributed by atoms with Gasteiger partial charge in [-0.05, 0) is 62.2 Å². The van der Waals surface area contributed by atoms with E-state index in [1.54, 1.807) is 27.8 Å². The number of nitrogens with one attached hydrogen (secondary N) is 1. The molecule has 184 valence electrons. The van der Waals surface area contributed by atoms with Crippen LogP contribution in [0.4, 0.5) is 5.82 Å². The first-order chi connectivity index (χ1) is 16.5. The number of nitrogens with zero attached hydrogens (tertiary/aromatic N) is 4. The van der Waals surface area contributed by atoms with Gasteiger partial charge in [-0.2, -0.15) is 9.40 Å². The Bertz CT molecular complexity index is 1370. The minimum atomic E-state index is -3.80. The highest BCUT2D eigenvalue weighted by atomic mass is 32.2. The number of aryl methyl sites for hydroxylation is 3. The fraction of sp³-hybridized carbons (Fsp3) is 0.320. The number of piperazine rings is 1. The van der Waals surface area contributed by atoms with Crippen LogP contribution in [0.3, 0.4) is 0 Å². The van der Waals surface area contributed by atoms with Crippen LogP contribution in [0.25, 0.3) is 5.69 Å². The summed E-state index contributed by atoms with van der Waals surface area (Å²) in [6, 6.07) is 13.8. The third-order valence-electron chi connectivity index (χ3n) is 5.94. The fourth-order valence-electron chi connectivity index (χ4n) is 4.24. The van der Waals surface area contributed by atoms with Gasteiger partial charge in [-0.1, -0.05) is 12.1 Å². The lowest BCUT2D eigenvalue weighted by molar-refractivity contribution is -0.129. The predicted octanol–water partition coefficient (Wildman–Crippen LogP) is 2.90. The number of sulfonamides is 1. The van der Waals surface area contributed by atoms with Gasteiger partial charge in [0, 0.05) is 44.7 Å². The molecule has 0 aliphatic carbocycles. The smallest absolute Gasteiger partial charge is 0.256 e. The van der Waals surface area contributed by atoms with E-state index in [0.29, 0.717) is 18.9 Å². The maximum Gasteiger partial charge on any atom is 0.256 e. The second-order valence-electron chi connectivity index (χ2n) is 8.82. The SMILES string of the molecule is CC(=O)N1CCN(S(=O)(=O)c2cccc(C(=O)Nc3cc(C)nn3-c3cc(C)cc(C)c3)c2)CC1. The van der Waals surface area contributed by atoms with E-state index < -0.39 is 15.9 Å². The summed E-state index contributed by atoms with van der Waals surface area (Å²) in [4.78, 5) is 26.3. The monoisotopic (exact) mass is 495 g/mol. The molecule has 1 fully saturated rings. The van der Waals surface area contributed by atoms with E-state index in [2.05, 4.69) is 16.5 Å². The van der Waals surface area contributed by atoms with Gasteiger partial charge in [0.1, 0.15) is 5.82 Å². The van der Waals surface area contributed by atoms with Gasteiger partial charge >= 0.3 is 0 Å². The Morgan fingerprint density at radius 3 is 2.20 bits per heavy atom. The molecule has 0 spiro atoms. The highest BCUT2D eigenvalue weighted by Gasteiger charge is 2.29. The number of carbonyl (C=O) groups excluding carboxylic acids is 2. The summed E-state index contributed by atoms with van der Waals surface area (Å²) in [6.45, 7) is 8.42. The van der Waals surface area contributed by atoms with Gasteiger partial charge in [0.2, 0.25) is 15.9 Å². The molecule has 9 nitrogen and oxygen atoms in total. The van der Waals surface area contributed by atoms with Crippen LogP contribution in [-0.2, 0) is 14.8 Å². The largest absolute Gasteiger partial charge is 0.340 e. The summed E-state index contributed by atoms with van der Waals surface area (Å²) in [5.74, 6) is -0.0175. The predicted molar refractivity (Wildman–Crippen MR) is 133 cm³/mol. The second-order valence-corrected chi connectivity index (χ2v) is 10.8. The van der Waals surface area contributed by atoms with E-state index in [9.17, 15) is 18.0 Å². The van der Waals surface area contributed by atoms with E-state index in [1.165, 1.54) is 23.4 Å². The zero-order valence-corrected chi connectivity index (χ0v) is 21.1. The van der Waals surface area contributed by atoms with Crippen LogP contribution in [0.15, 0.2) is 53.4 Å². The first kappa shape index (κ1) is 24.6. The Hall–Kier alpha value is -3.50. The van der Waals surface area contributed by atoms with Crippen LogP contribution in [0.2, 0.25) is 0 Å². The molecule has 0 atom stereocenters. The van der Waals surface area contributed by atoms with Crippen molar-refractivity contribution in [2.75, 3.05) is 31.5 Å². The third kappa shape index (κ3) is 5.28. The Labute approximate surface area is 205 Å². The molecular formula is C25H29N5O4S. The average molecular weight is 496 g/mol. The summed E-state index contributed by atoms with van der Waals surface area (Å²) >= 11 is 0. The molecule has 1 aliphatic heterocycles. The molecule has 1 saturated heterocycles. The number of carbonyl (C=O) groups is 2. The van der Waals surface area contributed by atoms with Crippen LogP contribution in [0, 0.1) is 20.8 Å². The zero-order valence-electron chi connectivity index (χ0n) is 20.3. The van der Waals surface area contributed by atoms with Crippen molar-refractivity contribution in [1.82, 2.24) is 19.0 Å². The highest BCUT2D eigenvalue weighted by molar-refractivity contribution is 7.89. The number of anilines is 1. The number of hydrogen-bond donors (Lipinski definition) is 1. The van der Waals surface area contributed by atoms with Gasteiger partial charge in [0.25, 0.3) is 5.91 Å². The molecule has 35 heavy (non-hydrogen) atoms. The molecule has 1 aromatic heterocycles. The number of amides is 2. The van der Waals surface area contributed by atoms with Gasteiger partial charge in [-0.15, -0.1) is 0 Å². The Morgan fingerprint density at radius 2 is 1.57 bits per heavy atom. The zero-order chi connectivity index (χ0) is 25.3. The second kappa shape index (κ2) is 9.63. The fourth-order valence-corrected chi connectivity index (χ4v) is 5.71. The average Bonchev–Trinajstić information content (AvgIpc) is 3.18. The first-order valence-electron chi connectivity index (χ1n) is 11.4. The molecule has 10 heteroatoms. The van der Waals surface area contributed by atoms with E-state index in [0.717, 1.165) is 22.5 Å². The summed E-state index contributed by atoms with van der Waals surface area (Å²) in [5, 5.41) is 7.39. The minimum absolute atomic E-state index is 0.0421. The quantitative estimate of drug-likeness (QED) is 0.586. The molecule has 2 aromatic carbocycles. The van der Waals surface area contributed by atoms with Crippen molar-refractivity contribution in [3.05, 3.63) is 70.9 Å². The molecule has 4 rings (SSSR count). The molecule has 0 saturated carbocycles. The summed E-state index contributed by atoms with van der Waals surface area (Å²) < 4.78 is 29.4. The first-order valence-corrected chi connectivity index (χ1v) is 12.8. The summed E-state index contributed by atoms with van der Waals surface area (Å²) in [6.07, 6.45) is 0. The summed E-state index contributed by atoms with van der Waals surface area (Å²) in [5.41, 5.74) is 3.94. The van der Waals surface area contributed by atoms with Gasteiger partial charge in [0.15, 0.2) is 0 Å². The van der Waals surface area contributed by atoms with Gasteiger partial charge in [-0.25, -0.2) is 13.1 Å². The van der Waals surface area contributed by atoms with E-state index in [-0.39, 0.29) is 29.5 Å². The van der Waals surface area contributed by atoms with Gasteiger partial charge in [-0.3, -0.25) is 9.59 Å². The maximum absolute atomic E-state index is 13.2. The van der Waals surface area contributed by atoms with E-state index in [4.69, 9.17) is 0 Å². The van der Waals surface area contributed by atoms with Gasteiger partial charge in [0.05, 0.1) is 16.3 Å². The van der Waals surface area contributed by atoms with Crippen LogP contribution in [0.5, 0.6) is 0 Å². The Kier molecular flexibility index (Phi) is 6.77. The van der Waals surface area contributed by atoms with Crippen molar-refractivity contribution in [1.29, 1.82) is 0 Å². The molecular weight excluding hydrogens is 466 g/mol. The van der Waals surface area contributed by atoms with E-state index >= 15 is 0 Å². The maximum atomic E-state index is 13.2. The molecule has 0 radical (unpaired) electrons. The summed E-state index contributed by atoms with van der Waals surface area (Å²) in [7, 11) is -3.80. The van der Waals surface area contributed by atoms with Crippen molar-refractivity contribution in [3.8, 4) is 5.69 Å². The Balaban J connectivity index is 1.56. The lowest BCUT2D eigenvalue weighted by atomic mass is 10.1. The van der Waals surface area contributed by atoms with Crippen molar-refractivity contribution in [3.63, 3.8) is 0 Å². The molecule has 1 aliphatic rings. The standard InChI is InChI=1S/C25H29N5O4S/c1-17-12-18(2)14-22(13-17)30-24(15-19(3)27-30)26-25(32)21-6-5-7-23(16-21)35(33,34)29-10-8-28(9-11-29)20(4)31/h5-7,12-16H,8-11H2,1-4H3,(H,26,32). The third-order valence-corrected chi connectivity index (χ3v) is 7.84. The highest BCUT2D eigenvalue weighted by Crippen LogP contribution is 2.22. The van der Waals surface area contributed by atoms with Crippen LogP contribution in [0.1, 0.15) is 34.1 Å². The van der Waals surface area contributed by atoms with Crippen molar-refractivity contribution < 1.29 is 18.0 Å². The lowest BCUT2D eigenvalue weighted by Gasteiger charge is -2.33. The minimum Gasteiger partial charge on any atom is -0.340 e. The number of benzene rings is 2. The topological polar surface area (TPSA) is 105 Å². The number of hydrogen-bond acceptors (Lipinski definition) is 5. The van der Waals surface area contributed by atoms with Crippen LogP contribution in [-0.4, -0.2) is 65.4 Å². The van der Waals surface area contributed by atoms with Gasteiger partial charge < -0.3 is 10.2 Å². The number of rotatable bonds is 5. The van der Waals surface area contributed by atoms with E-state index in [1.807, 2.05) is 32.9 Å². The van der Waals surface area contributed by atoms with Crippen LogP contribution < -0.4 is 5.32 Å². The van der Waals surface area contributed by atoms with Crippen molar-refractivity contribution >= 4 is 27.7 Å². The van der Waals surface area contributed by atoms with Crippen molar-refractivity contribution in [2.24, 2.45) is 0 Å².